The zero-order valence-corrected chi connectivity index (χ0v) is 11.9. The molecule has 106 valence electrons. The smallest absolute Gasteiger partial charge is 0.240 e. The van der Waals surface area contributed by atoms with Crippen molar-refractivity contribution < 1.29 is 4.79 Å². The summed E-state index contributed by atoms with van der Waals surface area (Å²) >= 11 is 0. The third-order valence-corrected chi connectivity index (χ3v) is 3.30. The van der Waals surface area contributed by atoms with Crippen LogP contribution in [-0.4, -0.2) is 18.0 Å². The van der Waals surface area contributed by atoms with Crippen LogP contribution < -0.4 is 16.8 Å². The van der Waals surface area contributed by atoms with Gasteiger partial charge in [0, 0.05) is 6.54 Å². The third-order valence-electron chi connectivity index (χ3n) is 3.30. The van der Waals surface area contributed by atoms with Crippen LogP contribution in [0.3, 0.4) is 0 Å². The predicted octanol–water partition coefficient (Wildman–Crippen LogP) is 1.69. The van der Waals surface area contributed by atoms with Gasteiger partial charge >= 0.3 is 0 Å². The standard InChI is InChI=1S/C16H21N3O/c1-16(2,18)15(20)19-14(10-17)13-8-7-11-5-3-4-6-12(11)9-13/h3-9,14H,10,17-18H2,1-2H3,(H,19,20). The van der Waals surface area contributed by atoms with Gasteiger partial charge in [-0.05, 0) is 36.2 Å². The van der Waals surface area contributed by atoms with Gasteiger partial charge in [-0.1, -0.05) is 36.4 Å². The van der Waals surface area contributed by atoms with Crippen LogP contribution in [0.1, 0.15) is 25.5 Å². The minimum atomic E-state index is -0.912. The van der Waals surface area contributed by atoms with Crippen molar-refractivity contribution in [3.63, 3.8) is 0 Å². The van der Waals surface area contributed by atoms with E-state index in [1.54, 1.807) is 13.8 Å². The second-order valence-corrected chi connectivity index (χ2v) is 5.59. The number of amides is 1. The van der Waals surface area contributed by atoms with E-state index in [2.05, 4.69) is 17.4 Å². The van der Waals surface area contributed by atoms with Crippen LogP contribution in [0.2, 0.25) is 0 Å². The average Bonchev–Trinajstić information content (AvgIpc) is 2.43. The largest absolute Gasteiger partial charge is 0.346 e. The maximum absolute atomic E-state index is 12.0. The quantitative estimate of drug-likeness (QED) is 0.791. The number of hydrogen-bond acceptors (Lipinski definition) is 3. The number of nitrogens with one attached hydrogen (secondary N) is 1. The van der Waals surface area contributed by atoms with E-state index in [0.717, 1.165) is 16.3 Å². The Morgan fingerprint density at radius 1 is 1.20 bits per heavy atom. The highest BCUT2D eigenvalue weighted by atomic mass is 16.2. The number of carbonyl (C=O) groups excluding carboxylic acids is 1. The fraction of sp³-hybridized carbons (Fsp3) is 0.312. The SMILES string of the molecule is CC(C)(N)C(=O)NC(CN)c1ccc2ccccc2c1. The van der Waals surface area contributed by atoms with Gasteiger partial charge in [-0.3, -0.25) is 4.79 Å². The minimum Gasteiger partial charge on any atom is -0.346 e. The van der Waals surface area contributed by atoms with Gasteiger partial charge in [-0.25, -0.2) is 0 Å². The van der Waals surface area contributed by atoms with E-state index in [1.165, 1.54) is 0 Å². The first kappa shape index (κ1) is 14.5. The summed E-state index contributed by atoms with van der Waals surface area (Å²) in [5.41, 5.74) is 11.7. The van der Waals surface area contributed by atoms with Crippen LogP contribution >= 0.6 is 0 Å². The fourth-order valence-corrected chi connectivity index (χ4v) is 2.05. The summed E-state index contributed by atoms with van der Waals surface area (Å²) in [6.45, 7) is 3.69. The first-order valence-electron chi connectivity index (χ1n) is 6.70. The summed E-state index contributed by atoms with van der Waals surface area (Å²) in [4.78, 5) is 12.0. The Balaban J connectivity index is 2.27. The third kappa shape index (κ3) is 3.15. The van der Waals surface area contributed by atoms with Crippen LogP contribution in [0, 0.1) is 0 Å². The molecule has 0 bridgehead atoms. The monoisotopic (exact) mass is 271 g/mol. The molecular formula is C16H21N3O. The maximum atomic E-state index is 12.0. The second-order valence-electron chi connectivity index (χ2n) is 5.59. The molecule has 4 heteroatoms. The summed E-state index contributed by atoms with van der Waals surface area (Å²) in [5, 5.41) is 5.19. The van der Waals surface area contributed by atoms with E-state index in [4.69, 9.17) is 11.5 Å². The highest BCUT2D eigenvalue weighted by Crippen LogP contribution is 2.20. The van der Waals surface area contributed by atoms with E-state index < -0.39 is 5.54 Å². The summed E-state index contributed by atoms with van der Waals surface area (Å²) in [5.74, 6) is -0.207. The van der Waals surface area contributed by atoms with Gasteiger partial charge in [0.15, 0.2) is 0 Å². The molecule has 2 aromatic carbocycles. The van der Waals surface area contributed by atoms with Gasteiger partial charge in [-0.2, -0.15) is 0 Å². The molecule has 5 N–H and O–H groups in total. The predicted molar refractivity (Wildman–Crippen MR) is 82.2 cm³/mol. The molecular weight excluding hydrogens is 250 g/mol. The molecule has 20 heavy (non-hydrogen) atoms. The summed E-state index contributed by atoms with van der Waals surface area (Å²) in [6.07, 6.45) is 0. The van der Waals surface area contributed by atoms with Crippen LogP contribution in [0.5, 0.6) is 0 Å². The molecule has 4 nitrogen and oxygen atoms in total. The summed E-state index contributed by atoms with van der Waals surface area (Å²) in [7, 11) is 0. The molecule has 0 aliphatic rings. The highest BCUT2D eigenvalue weighted by molar-refractivity contribution is 5.86. The Morgan fingerprint density at radius 3 is 2.45 bits per heavy atom. The molecule has 0 aliphatic carbocycles. The molecule has 1 atom stereocenters. The zero-order chi connectivity index (χ0) is 14.8. The highest BCUT2D eigenvalue weighted by Gasteiger charge is 2.24. The Hall–Kier alpha value is -1.91. The lowest BCUT2D eigenvalue weighted by molar-refractivity contribution is -0.125. The molecule has 2 rings (SSSR count). The summed E-state index contributed by atoms with van der Waals surface area (Å²) < 4.78 is 0. The molecule has 0 aromatic heterocycles. The van der Waals surface area contributed by atoms with Crippen molar-refractivity contribution in [1.82, 2.24) is 5.32 Å². The van der Waals surface area contributed by atoms with Crippen LogP contribution in [0.25, 0.3) is 10.8 Å². The molecule has 2 aromatic rings. The van der Waals surface area contributed by atoms with Gasteiger partial charge in [0.2, 0.25) is 5.91 Å². The molecule has 1 amide bonds. The number of hydrogen-bond donors (Lipinski definition) is 3. The van der Waals surface area contributed by atoms with Crippen molar-refractivity contribution >= 4 is 16.7 Å². The molecule has 0 radical (unpaired) electrons. The van der Waals surface area contributed by atoms with Gasteiger partial charge in [0.1, 0.15) is 0 Å². The zero-order valence-electron chi connectivity index (χ0n) is 11.9. The Labute approximate surface area is 119 Å². The van der Waals surface area contributed by atoms with Crippen molar-refractivity contribution in [3.05, 3.63) is 48.0 Å². The van der Waals surface area contributed by atoms with E-state index >= 15 is 0 Å². The van der Waals surface area contributed by atoms with Crippen molar-refractivity contribution in [2.24, 2.45) is 11.5 Å². The van der Waals surface area contributed by atoms with E-state index in [0.29, 0.717) is 6.54 Å². The number of nitrogens with two attached hydrogens (primary N) is 2. The first-order valence-corrected chi connectivity index (χ1v) is 6.70. The van der Waals surface area contributed by atoms with Gasteiger partial charge in [-0.15, -0.1) is 0 Å². The number of rotatable bonds is 4. The molecule has 0 fully saturated rings. The van der Waals surface area contributed by atoms with E-state index in [9.17, 15) is 4.79 Å². The molecule has 1 unspecified atom stereocenters. The van der Waals surface area contributed by atoms with Crippen molar-refractivity contribution in [3.8, 4) is 0 Å². The fourth-order valence-electron chi connectivity index (χ4n) is 2.05. The Bertz CT molecular complexity index is 616. The van der Waals surface area contributed by atoms with Crippen LogP contribution in [0.15, 0.2) is 42.5 Å². The second kappa shape index (κ2) is 5.61. The topological polar surface area (TPSA) is 81.1 Å². The molecule has 0 spiro atoms. The lowest BCUT2D eigenvalue weighted by Gasteiger charge is -2.24. The van der Waals surface area contributed by atoms with Gasteiger partial charge in [0.25, 0.3) is 0 Å². The first-order chi connectivity index (χ1) is 9.41. The average molecular weight is 271 g/mol. The maximum Gasteiger partial charge on any atom is 0.240 e. The lowest BCUT2D eigenvalue weighted by Crippen LogP contribution is -2.51. The van der Waals surface area contributed by atoms with E-state index in [-0.39, 0.29) is 11.9 Å². The minimum absolute atomic E-state index is 0.207. The molecule has 0 aliphatic heterocycles. The van der Waals surface area contributed by atoms with Crippen LogP contribution in [0.4, 0.5) is 0 Å². The Kier molecular flexibility index (Phi) is 4.06. The Morgan fingerprint density at radius 2 is 1.85 bits per heavy atom. The summed E-state index contributed by atoms with van der Waals surface area (Å²) in [6, 6.07) is 13.9. The molecule has 0 saturated heterocycles. The van der Waals surface area contributed by atoms with Crippen LogP contribution in [-0.2, 0) is 4.79 Å². The van der Waals surface area contributed by atoms with Gasteiger partial charge < -0.3 is 16.8 Å². The normalized spacial score (nSPS) is 13.2. The van der Waals surface area contributed by atoms with Crippen molar-refractivity contribution in [1.29, 1.82) is 0 Å². The molecule has 0 saturated carbocycles. The van der Waals surface area contributed by atoms with Gasteiger partial charge in [0.05, 0.1) is 11.6 Å². The van der Waals surface area contributed by atoms with Crippen molar-refractivity contribution in [2.45, 2.75) is 25.4 Å². The molecule has 0 heterocycles. The number of benzene rings is 2. The van der Waals surface area contributed by atoms with Crippen molar-refractivity contribution in [2.75, 3.05) is 6.54 Å². The number of fused-ring (bicyclic) bond motifs is 1. The van der Waals surface area contributed by atoms with E-state index in [1.807, 2.05) is 30.3 Å². The lowest BCUT2D eigenvalue weighted by atomic mass is 10.00. The number of carbonyl (C=O) groups is 1.